The molecule has 1 aromatic rings. The maximum atomic E-state index is 12.2. The van der Waals surface area contributed by atoms with E-state index in [2.05, 4.69) is 35.1 Å². The molecular formula is C15H21BrN2O. The topological polar surface area (TPSA) is 55.1 Å². The van der Waals surface area contributed by atoms with Gasteiger partial charge in [0, 0.05) is 16.2 Å². The van der Waals surface area contributed by atoms with Crippen molar-refractivity contribution in [1.29, 1.82) is 0 Å². The molecule has 3 N–H and O–H groups in total. The zero-order valence-corrected chi connectivity index (χ0v) is 13.1. The van der Waals surface area contributed by atoms with Gasteiger partial charge in [-0.05, 0) is 49.3 Å². The zero-order valence-electron chi connectivity index (χ0n) is 11.5. The minimum Gasteiger partial charge on any atom is -0.398 e. The van der Waals surface area contributed by atoms with Crippen LogP contribution in [0.1, 0.15) is 49.9 Å². The molecule has 104 valence electrons. The van der Waals surface area contributed by atoms with Gasteiger partial charge in [0.1, 0.15) is 0 Å². The van der Waals surface area contributed by atoms with Crippen molar-refractivity contribution in [3.05, 3.63) is 28.2 Å². The van der Waals surface area contributed by atoms with E-state index in [4.69, 9.17) is 5.73 Å². The molecule has 0 spiro atoms. The van der Waals surface area contributed by atoms with Gasteiger partial charge in [-0.1, -0.05) is 29.8 Å². The molecule has 4 heteroatoms. The number of carbonyl (C=O) groups is 1. The first kappa shape index (κ1) is 14.4. The van der Waals surface area contributed by atoms with Crippen LogP contribution in [0.4, 0.5) is 5.69 Å². The minimum atomic E-state index is -0.0662. The van der Waals surface area contributed by atoms with Crippen LogP contribution in [0.25, 0.3) is 0 Å². The minimum absolute atomic E-state index is 0.0662. The Kier molecular flexibility index (Phi) is 4.19. The van der Waals surface area contributed by atoms with E-state index >= 15 is 0 Å². The number of rotatable bonds is 2. The lowest BCUT2D eigenvalue weighted by molar-refractivity contribution is 0.0910. The summed E-state index contributed by atoms with van der Waals surface area (Å²) in [6.07, 6.45) is 4.41. The predicted octanol–water partition coefficient (Wildman–Crippen LogP) is 3.73. The lowest BCUT2D eigenvalue weighted by atomic mass is 9.75. The van der Waals surface area contributed by atoms with Crippen LogP contribution in [0.3, 0.4) is 0 Å². The van der Waals surface area contributed by atoms with E-state index in [-0.39, 0.29) is 11.9 Å². The van der Waals surface area contributed by atoms with Crippen molar-refractivity contribution in [3.8, 4) is 0 Å². The number of nitrogens with two attached hydrogens (primary N) is 1. The van der Waals surface area contributed by atoms with Crippen LogP contribution in [0, 0.1) is 5.41 Å². The third kappa shape index (κ3) is 3.72. The summed E-state index contributed by atoms with van der Waals surface area (Å²) >= 11 is 3.37. The summed E-state index contributed by atoms with van der Waals surface area (Å²) in [6, 6.07) is 5.65. The monoisotopic (exact) mass is 324 g/mol. The van der Waals surface area contributed by atoms with Gasteiger partial charge in [-0.25, -0.2) is 0 Å². The molecule has 1 saturated carbocycles. The number of nitrogen functional groups attached to an aromatic ring is 1. The lowest BCUT2D eigenvalue weighted by Crippen LogP contribution is -2.39. The first-order valence-corrected chi connectivity index (χ1v) is 7.53. The molecule has 0 radical (unpaired) electrons. The molecular weight excluding hydrogens is 304 g/mol. The van der Waals surface area contributed by atoms with Gasteiger partial charge in [0.15, 0.2) is 0 Å². The van der Waals surface area contributed by atoms with Gasteiger partial charge in [-0.3, -0.25) is 4.79 Å². The van der Waals surface area contributed by atoms with Crippen molar-refractivity contribution in [3.63, 3.8) is 0 Å². The van der Waals surface area contributed by atoms with E-state index in [0.717, 1.165) is 30.2 Å². The second-order valence-corrected chi connectivity index (χ2v) is 7.06. The average molecular weight is 325 g/mol. The molecule has 0 atom stereocenters. The summed E-state index contributed by atoms with van der Waals surface area (Å²) in [7, 11) is 0. The SMILES string of the molecule is CC1(C)CCC(NC(=O)c2cc(Br)ccc2N)CC1. The molecule has 0 unspecified atom stereocenters. The molecule has 1 fully saturated rings. The molecule has 0 aromatic heterocycles. The summed E-state index contributed by atoms with van der Waals surface area (Å²) in [5.74, 6) is -0.0662. The Balaban J connectivity index is 2.00. The molecule has 0 saturated heterocycles. The Morgan fingerprint density at radius 1 is 1.37 bits per heavy atom. The summed E-state index contributed by atoms with van der Waals surface area (Å²) < 4.78 is 0.872. The molecule has 3 nitrogen and oxygen atoms in total. The second kappa shape index (κ2) is 5.53. The number of amides is 1. The van der Waals surface area contributed by atoms with E-state index in [0.29, 0.717) is 16.7 Å². The molecule has 1 amide bonds. The number of hydrogen-bond donors (Lipinski definition) is 2. The van der Waals surface area contributed by atoms with Crippen molar-refractivity contribution < 1.29 is 4.79 Å². The van der Waals surface area contributed by atoms with Gasteiger partial charge in [0.05, 0.1) is 5.56 Å². The smallest absolute Gasteiger partial charge is 0.253 e. The Labute approximate surface area is 123 Å². The number of nitrogens with one attached hydrogen (secondary N) is 1. The summed E-state index contributed by atoms with van der Waals surface area (Å²) in [5.41, 5.74) is 7.35. The molecule has 19 heavy (non-hydrogen) atoms. The van der Waals surface area contributed by atoms with E-state index < -0.39 is 0 Å². The highest BCUT2D eigenvalue weighted by atomic mass is 79.9. The molecule has 1 aliphatic carbocycles. The van der Waals surface area contributed by atoms with Crippen LogP contribution in [-0.4, -0.2) is 11.9 Å². The summed E-state index contributed by atoms with van der Waals surface area (Å²) in [4.78, 5) is 12.2. The average Bonchev–Trinajstić information content (AvgIpc) is 2.35. The fourth-order valence-electron chi connectivity index (χ4n) is 2.53. The van der Waals surface area contributed by atoms with Crippen LogP contribution in [-0.2, 0) is 0 Å². The quantitative estimate of drug-likeness (QED) is 0.814. The van der Waals surface area contributed by atoms with Crippen molar-refractivity contribution in [1.82, 2.24) is 5.32 Å². The molecule has 0 heterocycles. The van der Waals surface area contributed by atoms with Gasteiger partial charge in [0.25, 0.3) is 5.91 Å². The Bertz CT molecular complexity index is 475. The Hall–Kier alpha value is -1.03. The maximum absolute atomic E-state index is 12.2. The number of anilines is 1. The first-order chi connectivity index (χ1) is 8.87. The second-order valence-electron chi connectivity index (χ2n) is 6.14. The van der Waals surface area contributed by atoms with Gasteiger partial charge in [0.2, 0.25) is 0 Å². The normalized spacial score (nSPS) is 19.1. The molecule has 1 aromatic carbocycles. The van der Waals surface area contributed by atoms with Crippen molar-refractivity contribution in [2.75, 3.05) is 5.73 Å². The van der Waals surface area contributed by atoms with Crippen LogP contribution in [0.2, 0.25) is 0 Å². The fourth-order valence-corrected chi connectivity index (χ4v) is 2.89. The molecule has 0 bridgehead atoms. The van der Waals surface area contributed by atoms with Gasteiger partial charge < -0.3 is 11.1 Å². The van der Waals surface area contributed by atoms with Crippen LogP contribution < -0.4 is 11.1 Å². The third-order valence-electron chi connectivity index (χ3n) is 3.93. The number of benzene rings is 1. The highest BCUT2D eigenvalue weighted by Gasteiger charge is 2.27. The number of carbonyl (C=O) groups excluding carboxylic acids is 1. The zero-order chi connectivity index (χ0) is 14.0. The van der Waals surface area contributed by atoms with Crippen molar-refractivity contribution in [2.24, 2.45) is 5.41 Å². The lowest BCUT2D eigenvalue weighted by Gasteiger charge is -2.34. The molecule has 0 aliphatic heterocycles. The Morgan fingerprint density at radius 3 is 2.63 bits per heavy atom. The van der Waals surface area contributed by atoms with Gasteiger partial charge in [-0.15, -0.1) is 0 Å². The molecule has 1 aliphatic rings. The van der Waals surface area contributed by atoms with Crippen molar-refractivity contribution in [2.45, 2.75) is 45.6 Å². The Morgan fingerprint density at radius 2 is 2.00 bits per heavy atom. The highest BCUT2D eigenvalue weighted by Crippen LogP contribution is 2.35. The standard InChI is InChI=1S/C15H21BrN2O/c1-15(2)7-5-11(6-8-15)18-14(19)12-9-10(16)3-4-13(12)17/h3-4,9,11H,5-8,17H2,1-2H3,(H,18,19). The summed E-state index contributed by atoms with van der Waals surface area (Å²) in [5, 5.41) is 3.10. The summed E-state index contributed by atoms with van der Waals surface area (Å²) in [6.45, 7) is 4.58. The molecule has 2 rings (SSSR count). The third-order valence-corrected chi connectivity index (χ3v) is 4.43. The van der Waals surface area contributed by atoms with Crippen molar-refractivity contribution >= 4 is 27.5 Å². The number of hydrogen-bond acceptors (Lipinski definition) is 2. The number of halogens is 1. The largest absolute Gasteiger partial charge is 0.398 e. The van der Waals surface area contributed by atoms with Gasteiger partial charge >= 0.3 is 0 Å². The van der Waals surface area contributed by atoms with E-state index in [1.807, 2.05) is 6.07 Å². The van der Waals surface area contributed by atoms with Crippen LogP contribution in [0.15, 0.2) is 22.7 Å². The fraction of sp³-hybridized carbons (Fsp3) is 0.533. The maximum Gasteiger partial charge on any atom is 0.253 e. The van der Waals surface area contributed by atoms with E-state index in [1.165, 1.54) is 0 Å². The van der Waals surface area contributed by atoms with Gasteiger partial charge in [-0.2, -0.15) is 0 Å². The van der Waals surface area contributed by atoms with E-state index in [9.17, 15) is 4.79 Å². The van der Waals surface area contributed by atoms with Crippen LogP contribution in [0.5, 0.6) is 0 Å². The van der Waals surface area contributed by atoms with E-state index in [1.54, 1.807) is 12.1 Å². The first-order valence-electron chi connectivity index (χ1n) is 6.73. The predicted molar refractivity (Wildman–Crippen MR) is 82.1 cm³/mol. The highest BCUT2D eigenvalue weighted by molar-refractivity contribution is 9.10. The van der Waals surface area contributed by atoms with Crippen LogP contribution >= 0.6 is 15.9 Å².